The van der Waals surface area contributed by atoms with E-state index in [1.54, 1.807) is 36.1 Å². The van der Waals surface area contributed by atoms with Crippen LogP contribution in [0.1, 0.15) is 38.7 Å². The lowest BCUT2D eigenvalue weighted by Crippen LogP contribution is -2.21. The number of fused-ring (bicyclic) bond motifs is 2. The fourth-order valence-electron chi connectivity index (χ4n) is 4.04. The minimum atomic E-state index is -0.712. The first kappa shape index (κ1) is 20.2. The van der Waals surface area contributed by atoms with E-state index in [2.05, 4.69) is 10.4 Å². The van der Waals surface area contributed by atoms with Crippen LogP contribution in [-0.4, -0.2) is 32.0 Å². The van der Waals surface area contributed by atoms with Crippen molar-refractivity contribution in [1.29, 1.82) is 0 Å². The molecule has 2 aromatic heterocycles. The van der Waals surface area contributed by atoms with Gasteiger partial charge in [-0.3, -0.25) is 4.57 Å². The number of aliphatic hydroxyl groups is 1. The summed E-state index contributed by atoms with van der Waals surface area (Å²) < 4.78 is 13.4. The molecule has 2 N–H and O–H groups in total. The molecule has 5 rings (SSSR count). The number of oxazole rings is 1. The van der Waals surface area contributed by atoms with E-state index in [4.69, 9.17) is 9.15 Å². The molecule has 164 valence electrons. The molecule has 1 aliphatic rings. The van der Waals surface area contributed by atoms with Gasteiger partial charge in [0, 0.05) is 37.5 Å². The molecule has 0 radical (unpaired) electrons. The number of esters is 1. The van der Waals surface area contributed by atoms with Crippen molar-refractivity contribution >= 4 is 17.1 Å². The third-order valence-corrected chi connectivity index (χ3v) is 5.91. The summed E-state index contributed by atoms with van der Waals surface area (Å²) in [5.41, 5.74) is 6.08. The minimum Gasteiger partial charge on any atom is -0.457 e. The SMILES string of the molecule is Cc1c([C@@H](O)CNCc2cnn(-c3ccc4oc(=O)n(C)c4c3)c2)ccc2c1COC2=O. The number of hydrogen-bond donors (Lipinski definition) is 2. The van der Waals surface area contributed by atoms with Crippen LogP contribution in [0.15, 0.2) is 51.9 Å². The van der Waals surface area contributed by atoms with Gasteiger partial charge in [0.2, 0.25) is 0 Å². The number of rotatable bonds is 6. The lowest BCUT2D eigenvalue weighted by molar-refractivity contribution is 0.0535. The van der Waals surface area contributed by atoms with Crippen molar-refractivity contribution in [3.05, 3.63) is 81.1 Å². The van der Waals surface area contributed by atoms with E-state index >= 15 is 0 Å². The Bertz CT molecular complexity index is 1400. The lowest BCUT2D eigenvalue weighted by atomic mass is 9.95. The molecular weight excluding hydrogens is 412 g/mol. The Balaban J connectivity index is 1.25. The number of aryl methyl sites for hydroxylation is 1. The standard InChI is InChI=1S/C23H22N4O5/c1-13-16(4-5-17-18(13)12-31-22(17)29)20(28)10-24-8-14-9-25-27(11-14)15-3-6-21-19(7-15)26(2)23(30)32-21/h3-7,9,11,20,24,28H,8,10,12H2,1-2H3/t20-/m0/s1. The van der Waals surface area contributed by atoms with Gasteiger partial charge >= 0.3 is 11.7 Å². The summed E-state index contributed by atoms with van der Waals surface area (Å²) in [5.74, 6) is -0.716. The van der Waals surface area contributed by atoms with E-state index in [0.717, 1.165) is 27.9 Å². The molecule has 3 heterocycles. The van der Waals surface area contributed by atoms with Crippen LogP contribution in [0.2, 0.25) is 0 Å². The number of benzene rings is 2. The van der Waals surface area contributed by atoms with Gasteiger partial charge in [-0.05, 0) is 42.3 Å². The van der Waals surface area contributed by atoms with E-state index < -0.39 is 11.9 Å². The van der Waals surface area contributed by atoms with Crippen molar-refractivity contribution in [2.45, 2.75) is 26.2 Å². The largest absolute Gasteiger partial charge is 0.457 e. The summed E-state index contributed by atoms with van der Waals surface area (Å²) in [5, 5.41) is 18.3. The van der Waals surface area contributed by atoms with Crippen LogP contribution in [-0.2, 0) is 24.9 Å². The Kier molecular flexibility index (Phi) is 4.91. The van der Waals surface area contributed by atoms with Gasteiger partial charge in [0.25, 0.3) is 0 Å². The molecule has 9 heteroatoms. The van der Waals surface area contributed by atoms with Gasteiger partial charge in [0.15, 0.2) is 5.58 Å². The smallest absolute Gasteiger partial charge is 0.419 e. The number of carbonyl (C=O) groups is 1. The van der Waals surface area contributed by atoms with E-state index in [1.165, 1.54) is 4.57 Å². The van der Waals surface area contributed by atoms with Gasteiger partial charge in [0.1, 0.15) is 6.61 Å². The highest BCUT2D eigenvalue weighted by Gasteiger charge is 2.25. The first-order valence-electron chi connectivity index (χ1n) is 10.2. The van der Waals surface area contributed by atoms with Crippen LogP contribution in [0.5, 0.6) is 0 Å². The van der Waals surface area contributed by atoms with Gasteiger partial charge < -0.3 is 19.6 Å². The summed E-state index contributed by atoms with van der Waals surface area (Å²) in [6, 6.07) is 8.93. The van der Waals surface area contributed by atoms with Crippen LogP contribution in [0.3, 0.4) is 0 Å². The van der Waals surface area contributed by atoms with E-state index in [1.807, 2.05) is 25.3 Å². The van der Waals surface area contributed by atoms with Crippen LogP contribution >= 0.6 is 0 Å². The molecule has 2 aromatic carbocycles. The molecule has 0 spiro atoms. The highest BCUT2D eigenvalue weighted by Crippen LogP contribution is 2.29. The Morgan fingerprint density at radius 2 is 2.09 bits per heavy atom. The molecule has 1 atom stereocenters. The molecule has 0 bridgehead atoms. The van der Waals surface area contributed by atoms with Gasteiger partial charge in [0.05, 0.1) is 29.1 Å². The van der Waals surface area contributed by atoms with Crippen molar-refractivity contribution in [3.8, 4) is 5.69 Å². The van der Waals surface area contributed by atoms with E-state index in [-0.39, 0.29) is 12.6 Å². The van der Waals surface area contributed by atoms with E-state index in [9.17, 15) is 14.7 Å². The molecule has 0 saturated carbocycles. The zero-order chi connectivity index (χ0) is 22.4. The predicted molar refractivity (Wildman–Crippen MR) is 116 cm³/mol. The van der Waals surface area contributed by atoms with Gasteiger partial charge in [-0.15, -0.1) is 0 Å². The number of nitrogens with one attached hydrogen (secondary N) is 1. The summed E-state index contributed by atoms with van der Waals surface area (Å²) in [6.07, 6.45) is 2.93. The monoisotopic (exact) mass is 434 g/mol. The third kappa shape index (κ3) is 3.41. The fraction of sp³-hybridized carbons (Fsp3) is 0.261. The second kappa shape index (κ2) is 7.77. The zero-order valence-corrected chi connectivity index (χ0v) is 17.7. The van der Waals surface area contributed by atoms with Gasteiger partial charge in [-0.25, -0.2) is 14.3 Å². The minimum absolute atomic E-state index is 0.256. The number of ether oxygens (including phenoxy) is 1. The molecule has 0 saturated heterocycles. The molecule has 0 aliphatic carbocycles. The first-order valence-corrected chi connectivity index (χ1v) is 10.2. The molecule has 0 unspecified atom stereocenters. The summed E-state index contributed by atoms with van der Waals surface area (Å²) >= 11 is 0. The van der Waals surface area contributed by atoms with Crippen LogP contribution in [0.4, 0.5) is 0 Å². The van der Waals surface area contributed by atoms with Crippen molar-refractivity contribution in [3.63, 3.8) is 0 Å². The summed E-state index contributed by atoms with van der Waals surface area (Å²) in [6.45, 7) is 3.03. The average Bonchev–Trinajstić information content (AvgIpc) is 3.47. The van der Waals surface area contributed by atoms with Crippen LogP contribution in [0, 0.1) is 6.92 Å². The molecular formula is C23H22N4O5. The molecule has 4 aromatic rings. The van der Waals surface area contributed by atoms with Crippen molar-refractivity contribution in [2.75, 3.05) is 6.54 Å². The van der Waals surface area contributed by atoms with Crippen molar-refractivity contribution in [1.82, 2.24) is 19.7 Å². The maximum absolute atomic E-state index is 11.7. The number of nitrogens with zero attached hydrogens (tertiary/aromatic N) is 3. The molecule has 32 heavy (non-hydrogen) atoms. The predicted octanol–water partition coefficient (Wildman–Crippen LogP) is 2.12. The van der Waals surface area contributed by atoms with Gasteiger partial charge in [-0.1, -0.05) is 6.07 Å². The third-order valence-electron chi connectivity index (χ3n) is 5.91. The number of aliphatic hydroxyl groups excluding tert-OH is 1. The fourth-order valence-corrected chi connectivity index (χ4v) is 4.04. The normalized spacial score (nSPS) is 14.0. The van der Waals surface area contributed by atoms with Crippen molar-refractivity contribution in [2.24, 2.45) is 7.05 Å². The Morgan fingerprint density at radius 3 is 2.94 bits per heavy atom. The summed E-state index contributed by atoms with van der Waals surface area (Å²) in [7, 11) is 1.66. The van der Waals surface area contributed by atoms with Crippen LogP contribution in [0.25, 0.3) is 16.8 Å². The Hall–Kier alpha value is -3.69. The number of hydrogen-bond acceptors (Lipinski definition) is 7. The number of aromatic nitrogens is 3. The lowest BCUT2D eigenvalue weighted by Gasteiger charge is -2.16. The molecule has 9 nitrogen and oxygen atoms in total. The summed E-state index contributed by atoms with van der Waals surface area (Å²) in [4.78, 5) is 23.4. The highest BCUT2D eigenvalue weighted by atomic mass is 16.5. The Labute approximate surface area is 182 Å². The molecule has 0 fully saturated rings. The maximum Gasteiger partial charge on any atom is 0.419 e. The quantitative estimate of drug-likeness (QED) is 0.447. The Morgan fingerprint density at radius 1 is 1.25 bits per heavy atom. The number of cyclic esters (lactones) is 1. The maximum atomic E-state index is 11.7. The molecule has 1 aliphatic heterocycles. The zero-order valence-electron chi connectivity index (χ0n) is 17.7. The van der Waals surface area contributed by atoms with Crippen molar-refractivity contribution < 1.29 is 19.1 Å². The molecule has 0 amide bonds. The average molecular weight is 434 g/mol. The highest BCUT2D eigenvalue weighted by molar-refractivity contribution is 5.94. The second-order valence-corrected chi connectivity index (χ2v) is 7.90. The second-order valence-electron chi connectivity index (χ2n) is 7.90. The van der Waals surface area contributed by atoms with Crippen LogP contribution < -0.4 is 11.1 Å². The first-order chi connectivity index (χ1) is 15.4. The topological polar surface area (TPSA) is 112 Å². The van der Waals surface area contributed by atoms with Gasteiger partial charge in [-0.2, -0.15) is 5.10 Å². The van der Waals surface area contributed by atoms with E-state index in [0.29, 0.717) is 29.8 Å². The number of carbonyl (C=O) groups excluding carboxylic acids is 1.